The van der Waals surface area contributed by atoms with E-state index in [0.717, 1.165) is 0 Å². The summed E-state index contributed by atoms with van der Waals surface area (Å²) in [4.78, 5) is 18.8. The lowest BCUT2D eigenvalue weighted by Crippen LogP contribution is -2.24. The Morgan fingerprint density at radius 2 is 2.10 bits per heavy atom. The van der Waals surface area contributed by atoms with Crippen molar-refractivity contribution in [2.45, 2.75) is 19.9 Å². The topological polar surface area (TPSA) is 92.0 Å². The summed E-state index contributed by atoms with van der Waals surface area (Å²) in [7, 11) is 0. The van der Waals surface area contributed by atoms with Gasteiger partial charge in [-0.05, 0) is 23.6 Å². The number of aromatic amines is 1. The molecule has 1 aromatic carbocycles. The van der Waals surface area contributed by atoms with Gasteiger partial charge in [0.2, 0.25) is 5.88 Å². The van der Waals surface area contributed by atoms with Gasteiger partial charge < -0.3 is 15.8 Å². The monoisotopic (exact) mass is 293 g/mol. The smallest absolute Gasteiger partial charge is 0.262 e. The van der Waals surface area contributed by atoms with Crippen LogP contribution in [-0.4, -0.2) is 15.1 Å². The fraction of sp³-hybridized carbons (Fsp3) is 0.286. The number of nitrogens with one attached hydrogen (secondary N) is 1. The van der Waals surface area contributed by atoms with Gasteiger partial charge in [-0.3, -0.25) is 4.79 Å². The third kappa shape index (κ3) is 2.84. The number of H-pyrrole nitrogens is 1. The molecule has 4 N–H and O–H groups in total. The van der Waals surface area contributed by atoms with Gasteiger partial charge in [0.05, 0.1) is 6.04 Å². The fourth-order valence-corrected chi connectivity index (χ4v) is 2.05. The molecule has 2 rings (SSSR count). The molecule has 0 saturated heterocycles. The summed E-state index contributed by atoms with van der Waals surface area (Å²) in [6, 6.07) is 6.22. The highest BCUT2D eigenvalue weighted by Crippen LogP contribution is 2.27. The lowest BCUT2D eigenvalue weighted by atomic mass is 10.0. The summed E-state index contributed by atoms with van der Waals surface area (Å²) < 4.78 is 0. The number of nitrogens with zero attached hydrogens (tertiary/aromatic N) is 1. The maximum Gasteiger partial charge on any atom is 0.262 e. The molecule has 2 aromatic rings. The van der Waals surface area contributed by atoms with Gasteiger partial charge in [-0.25, -0.2) is 0 Å². The molecule has 0 bridgehead atoms. The van der Waals surface area contributed by atoms with E-state index in [1.54, 1.807) is 24.3 Å². The van der Waals surface area contributed by atoms with Crippen LogP contribution in [0.25, 0.3) is 11.1 Å². The minimum Gasteiger partial charge on any atom is -0.493 e. The maximum absolute atomic E-state index is 12.1. The molecule has 1 aromatic heterocycles. The standard InChI is InChI=1S/C14H16ClN3O2/c1-7(2)11(16)12-17-13(19)10(14(20)18-12)8-4-3-5-9(15)6-8/h3-7,11H,16H2,1-2H3,(H2,17,18,19,20). The van der Waals surface area contributed by atoms with Crippen molar-refractivity contribution >= 4 is 11.6 Å². The fourth-order valence-electron chi connectivity index (χ4n) is 1.86. The van der Waals surface area contributed by atoms with Crippen molar-refractivity contribution in [3.8, 4) is 17.0 Å². The molecule has 1 heterocycles. The van der Waals surface area contributed by atoms with E-state index >= 15 is 0 Å². The van der Waals surface area contributed by atoms with Crippen LogP contribution in [0.1, 0.15) is 25.7 Å². The second kappa shape index (κ2) is 5.64. The quantitative estimate of drug-likeness (QED) is 0.810. The second-order valence-electron chi connectivity index (χ2n) is 4.93. The molecule has 5 nitrogen and oxygen atoms in total. The van der Waals surface area contributed by atoms with Gasteiger partial charge in [0.1, 0.15) is 11.4 Å². The first-order valence-electron chi connectivity index (χ1n) is 6.25. The molecule has 6 heteroatoms. The van der Waals surface area contributed by atoms with E-state index in [1.807, 2.05) is 13.8 Å². The van der Waals surface area contributed by atoms with Crippen LogP contribution >= 0.6 is 11.6 Å². The normalized spacial score (nSPS) is 12.7. The Morgan fingerprint density at radius 3 is 2.65 bits per heavy atom. The van der Waals surface area contributed by atoms with E-state index in [1.165, 1.54) is 0 Å². The summed E-state index contributed by atoms with van der Waals surface area (Å²) in [5.74, 6) is 0.0185. The predicted octanol–water partition coefficient (Wildman–Crippen LogP) is 2.45. The Hall–Kier alpha value is -1.85. The SMILES string of the molecule is CC(C)C(N)c1nc(O)c(-c2cccc(Cl)c2)c(=O)[nH]1. The highest BCUT2D eigenvalue weighted by atomic mass is 35.5. The van der Waals surface area contributed by atoms with E-state index in [0.29, 0.717) is 10.6 Å². The van der Waals surface area contributed by atoms with Gasteiger partial charge >= 0.3 is 0 Å². The van der Waals surface area contributed by atoms with E-state index < -0.39 is 11.6 Å². The van der Waals surface area contributed by atoms with Crippen LogP contribution in [0, 0.1) is 5.92 Å². The van der Waals surface area contributed by atoms with Gasteiger partial charge in [-0.15, -0.1) is 0 Å². The minimum absolute atomic E-state index is 0.0900. The van der Waals surface area contributed by atoms with Crippen molar-refractivity contribution in [2.24, 2.45) is 11.7 Å². The molecular weight excluding hydrogens is 278 g/mol. The zero-order valence-corrected chi connectivity index (χ0v) is 12.0. The largest absolute Gasteiger partial charge is 0.493 e. The molecule has 0 spiro atoms. The van der Waals surface area contributed by atoms with E-state index in [4.69, 9.17) is 17.3 Å². The van der Waals surface area contributed by atoms with E-state index in [-0.39, 0.29) is 23.2 Å². The molecule has 0 aliphatic heterocycles. The Bertz CT molecular complexity index is 682. The molecular formula is C14H16ClN3O2. The van der Waals surface area contributed by atoms with Crippen LogP contribution < -0.4 is 11.3 Å². The molecule has 20 heavy (non-hydrogen) atoms. The highest BCUT2D eigenvalue weighted by molar-refractivity contribution is 6.30. The van der Waals surface area contributed by atoms with Crippen LogP contribution in [0.4, 0.5) is 0 Å². The second-order valence-corrected chi connectivity index (χ2v) is 5.37. The number of hydrogen-bond donors (Lipinski definition) is 3. The Labute approximate surface area is 121 Å². The van der Waals surface area contributed by atoms with Crippen LogP contribution in [0.2, 0.25) is 5.02 Å². The predicted molar refractivity (Wildman–Crippen MR) is 78.7 cm³/mol. The van der Waals surface area contributed by atoms with E-state index in [2.05, 4.69) is 9.97 Å². The molecule has 0 aliphatic rings. The molecule has 0 aliphatic carbocycles. The summed E-state index contributed by atoms with van der Waals surface area (Å²) in [5.41, 5.74) is 6.08. The van der Waals surface area contributed by atoms with Gasteiger partial charge in [-0.1, -0.05) is 37.6 Å². The minimum atomic E-state index is -0.443. The summed E-state index contributed by atoms with van der Waals surface area (Å²) in [5, 5.41) is 10.5. The average molecular weight is 294 g/mol. The number of rotatable bonds is 3. The van der Waals surface area contributed by atoms with Crippen LogP contribution in [-0.2, 0) is 0 Å². The van der Waals surface area contributed by atoms with Crippen molar-refractivity contribution in [3.63, 3.8) is 0 Å². The molecule has 0 radical (unpaired) electrons. The third-order valence-electron chi connectivity index (χ3n) is 3.07. The first-order chi connectivity index (χ1) is 9.40. The lowest BCUT2D eigenvalue weighted by Gasteiger charge is -2.15. The first-order valence-corrected chi connectivity index (χ1v) is 6.62. The number of nitrogens with two attached hydrogens (primary N) is 1. The van der Waals surface area contributed by atoms with Gasteiger partial charge in [-0.2, -0.15) is 4.98 Å². The van der Waals surface area contributed by atoms with Crippen LogP contribution in [0.15, 0.2) is 29.1 Å². The molecule has 1 atom stereocenters. The summed E-state index contributed by atoms with van der Waals surface area (Å²) in [6.07, 6.45) is 0. The highest BCUT2D eigenvalue weighted by Gasteiger charge is 2.18. The summed E-state index contributed by atoms with van der Waals surface area (Å²) >= 11 is 5.89. The van der Waals surface area contributed by atoms with E-state index in [9.17, 15) is 9.90 Å². The van der Waals surface area contributed by atoms with Crippen LogP contribution in [0.5, 0.6) is 5.88 Å². The Balaban J connectivity index is 2.55. The maximum atomic E-state index is 12.1. The van der Waals surface area contributed by atoms with Gasteiger partial charge in [0.15, 0.2) is 0 Å². The molecule has 0 fully saturated rings. The molecule has 1 unspecified atom stereocenters. The van der Waals surface area contributed by atoms with Crippen molar-refractivity contribution in [3.05, 3.63) is 45.5 Å². The summed E-state index contributed by atoms with van der Waals surface area (Å²) in [6.45, 7) is 3.82. The van der Waals surface area contributed by atoms with Crippen molar-refractivity contribution in [1.82, 2.24) is 9.97 Å². The Kier molecular flexibility index (Phi) is 4.11. The van der Waals surface area contributed by atoms with Crippen molar-refractivity contribution < 1.29 is 5.11 Å². The zero-order chi connectivity index (χ0) is 14.9. The number of hydrogen-bond acceptors (Lipinski definition) is 4. The lowest BCUT2D eigenvalue weighted by molar-refractivity contribution is 0.433. The number of halogens is 1. The van der Waals surface area contributed by atoms with Crippen molar-refractivity contribution in [1.29, 1.82) is 0 Å². The zero-order valence-electron chi connectivity index (χ0n) is 11.2. The third-order valence-corrected chi connectivity index (χ3v) is 3.30. The number of aromatic hydroxyl groups is 1. The van der Waals surface area contributed by atoms with Gasteiger partial charge in [0.25, 0.3) is 5.56 Å². The molecule has 0 amide bonds. The first kappa shape index (κ1) is 14.6. The van der Waals surface area contributed by atoms with Crippen molar-refractivity contribution in [2.75, 3.05) is 0 Å². The average Bonchev–Trinajstić information content (AvgIpc) is 2.36. The molecule has 0 saturated carbocycles. The number of benzene rings is 1. The van der Waals surface area contributed by atoms with Gasteiger partial charge in [0, 0.05) is 5.02 Å². The number of aromatic nitrogens is 2. The molecule has 106 valence electrons. The van der Waals surface area contributed by atoms with Crippen LogP contribution in [0.3, 0.4) is 0 Å². The Morgan fingerprint density at radius 1 is 1.40 bits per heavy atom.